The molecule has 1 unspecified atom stereocenters. The molecule has 0 spiro atoms. The lowest BCUT2D eigenvalue weighted by Crippen LogP contribution is -2.41. The van der Waals surface area contributed by atoms with Gasteiger partial charge >= 0.3 is 6.18 Å². The van der Waals surface area contributed by atoms with E-state index in [-0.39, 0.29) is 0 Å². The number of aromatic nitrogens is 1. The van der Waals surface area contributed by atoms with Gasteiger partial charge in [-0.1, -0.05) is 0 Å². The molecule has 0 aliphatic rings. The first kappa shape index (κ1) is 14.8. The number of aliphatic hydroxyl groups is 1. The molecule has 0 aliphatic heterocycles. The first-order chi connectivity index (χ1) is 8.14. The predicted molar refractivity (Wildman–Crippen MR) is 51.4 cm³/mol. The molecule has 0 aromatic carbocycles. The van der Waals surface area contributed by atoms with Crippen LogP contribution in [0.3, 0.4) is 0 Å². The zero-order valence-electron chi connectivity index (χ0n) is 8.65. The van der Waals surface area contributed by atoms with Gasteiger partial charge in [-0.3, -0.25) is 0 Å². The fourth-order valence-electron chi connectivity index (χ4n) is 0.942. The van der Waals surface area contributed by atoms with Crippen LogP contribution >= 0.6 is 0 Å². The largest absolute Gasteiger partial charge is 0.415 e. The second-order valence-corrected chi connectivity index (χ2v) is 4.88. The number of hydrogen-bond acceptors (Lipinski definition) is 4. The minimum absolute atomic E-state index is 0.793. The van der Waals surface area contributed by atoms with Gasteiger partial charge in [0.2, 0.25) is 5.03 Å². The number of aliphatic hydroxyl groups excluding tert-OH is 1. The first-order valence-corrected chi connectivity index (χ1v) is 5.98. The molecule has 10 heteroatoms. The van der Waals surface area contributed by atoms with Crippen LogP contribution in [0.4, 0.5) is 17.6 Å². The minimum atomic E-state index is -4.97. The van der Waals surface area contributed by atoms with Crippen LogP contribution < -0.4 is 4.72 Å². The maximum atomic E-state index is 13.1. The Morgan fingerprint density at radius 3 is 2.56 bits per heavy atom. The fourth-order valence-corrected chi connectivity index (χ4v) is 1.98. The van der Waals surface area contributed by atoms with Gasteiger partial charge in [-0.25, -0.2) is 22.5 Å². The Bertz CT molecular complexity index is 517. The van der Waals surface area contributed by atoms with Crippen molar-refractivity contribution < 1.29 is 31.1 Å². The Labute approximate surface area is 99.5 Å². The molecule has 0 fully saturated rings. The minimum Gasteiger partial charge on any atom is -0.382 e. The summed E-state index contributed by atoms with van der Waals surface area (Å²) in [4.78, 5) is 3.20. The Morgan fingerprint density at radius 2 is 2.06 bits per heavy atom. The SMILES string of the molecule is O=S(=O)(NCC(O)C(F)(F)F)c1ncccc1F. The van der Waals surface area contributed by atoms with Gasteiger partial charge in [-0.15, -0.1) is 0 Å². The third kappa shape index (κ3) is 3.62. The molecule has 0 saturated heterocycles. The molecule has 5 nitrogen and oxygen atoms in total. The second-order valence-electron chi connectivity index (χ2n) is 3.20. The van der Waals surface area contributed by atoms with E-state index in [1.165, 1.54) is 4.72 Å². The van der Waals surface area contributed by atoms with Crippen molar-refractivity contribution in [2.75, 3.05) is 6.54 Å². The fraction of sp³-hybridized carbons (Fsp3) is 0.375. The molecule has 0 amide bonds. The number of halogens is 4. The van der Waals surface area contributed by atoms with Gasteiger partial charge in [-0.05, 0) is 12.1 Å². The van der Waals surface area contributed by atoms with Crippen LogP contribution in [-0.2, 0) is 10.0 Å². The summed E-state index contributed by atoms with van der Waals surface area (Å²) in [5, 5.41) is 7.57. The highest BCUT2D eigenvalue weighted by atomic mass is 32.2. The third-order valence-electron chi connectivity index (χ3n) is 1.82. The lowest BCUT2D eigenvalue weighted by molar-refractivity contribution is -0.200. The lowest BCUT2D eigenvalue weighted by Gasteiger charge is -2.14. The molecule has 1 heterocycles. The molecule has 0 radical (unpaired) electrons. The molecular weight excluding hydrogens is 280 g/mol. The van der Waals surface area contributed by atoms with Gasteiger partial charge in [0.05, 0.1) is 0 Å². The van der Waals surface area contributed by atoms with Crippen LogP contribution in [0.5, 0.6) is 0 Å². The standard InChI is InChI=1S/C8H8F4N2O3S/c9-5-2-1-3-13-7(5)18(16,17)14-4-6(15)8(10,11)12/h1-3,6,14-15H,4H2. The van der Waals surface area contributed by atoms with Crippen LogP contribution in [0.25, 0.3) is 0 Å². The molecule has 1 aromatic heterocycles. The molecule has 0 aliphatic carbocycles. The summed E-state index contributed by atoms with van der Waals surface area (Å²) in [7, 11) is -4.54. The van der Waals surface area contributed by atoms with Crippen molar-refractivity contribution in [3.63, 3.8) is 0 Å². The maximum absolute atomic E-state index is 13.1. The normalized spacial score (nSPS) is 14.5. The first-order valence-electron chi connectivity index (χ1n) is 4.49. The quantitative estimate of drug-likeness (QED) is 0.787. The molecule has 1 aromatic rings. The molecule has 18 heavy (non-hydrogen) atoms. The zero-order chi connectivity index (χ0) is 14.0. The van der Waals surface area contributed by atoms with Gasteiger partial charge in [0, 0.05) is 12.7 Å². The van der Waals surface area contributed by atoms with Crippen LogP contribution in [0.1, 0.15) is 0 Å². The van der Waals surface area contributed by atoms with E-state index < -0.39 is 39.7 Å². The number of nitrogens with one attached hydrogen (secondary N) is 1. The summed E-state index contributed by atoms with van der Waals surface area (Å²) in [6, 6.07) is 1.92. The van der Waals surface area contributed by atoms with Gasteiger partial charge in [0.15, 0.2) is 11.9 Å². The van der Waals surface area contributed by atoms with Gasteiger partial charge in [0.25, 0.3) is 10.0 Å². The van der Waals surface area contributed by atoms with E-state index in [4.69, 9.17) is 5.11 Å². The summed E-state index contributed by atoms with van der Waals surface area (Å²) >= 11 is 0. The Morgan fingerprint density at radius 1 is 1.44 bits per heavy atom. The average molecular weight is 288 g/mol. The molecule has 1 atom stereocenters. The van der Waals surface area contributed by atoms with E-state index in [0.29, 0.717) is 0 Å². The van der Waals surface area contributed by atoms with Crippen LogP contribution in [0, 0.1) is 5.82 Å². The number of hydrogen-bond donors (Lipinski definition) is 2. The van der Waals surface area contributed by atoms with Crippen LogP contribution in [0.2, 0.25) is 0 Å². The van der Waals surface area contributed by atoms with Crippen molar-refractivity contribution >= 4 is 10.0 Å². The second kappa shape index (κ2) is 5.16. The smallest absolute Gasteiger partial charge is 0.382 e. The van der Waals surface area contributed by atoms with Gasteiger partial charge < -0.3 is 5.11 Å². The lowest BCUT2D eigenvalue weighted by atomic mass is 10.4. The van der Waals surface area contributed by atoms with Crippen molar-refractivity contribution in [2.45, 2.75) is 17.3 Å². The Balaban J connectivity index is 2.82. The number of rotatable bonds is 4. The number of sulfonamides is 1. The predicted octanol–water partition coefficient (Wildman–Crippen LogP) is 0.422. The van der Waals surface area contributed by atoms with Crippen molar-refractivity contribution in [2.24, 2.45) is 0 Å². The van der Waals surface area contributed by atoms with E-state index in [0.717, 1.165) is 18.3 Å². The monoisotopic (exact) mass is 288 g/mol. The summed E-state index contributed by atoms with van der Waals surface area (Å²) in [6.07, 6.45) is -6.87. The van der Waals surface area contributed by atoms with Crippen LogP contribution in [-0.4, -0.2) is 37.3 Å². The Kier molecular flexibility index (Phi) is 4.24. The molecule has 0 saturated carbocycles. The van der Waals surface area contributed by atoms with Gasteiger partial charge in [0.1, 0.15) is 0 Å². The van der Waals surface area contributed by atoms with E-state index >= 15 is 0 Å². The maximum Gasteiger partial charge on any atom is 0.415 e. The van der Waals surface area contributed by atoms with E-state index in [1.807, 2.05) is 0 Å². The third-order valence-corrected chi connectivity index (χ3v) is 3.18. The Hall–Kier alpha value is -1.26. The number of pyridine rings is 1. The van der Waals surface area contributed by atoms with E-state index in [9.17, 15) is 26.0 Å². The van der Waals surface area contributed by atoms with Gasteiger partial charge in [-0.2, -0.15) is 13.2 Å². The summed E-state index contributed by atoms with van der Waals surface area (Å²) < 4.78 is 73.1. The summed E-state index contributed by atoms with van der Waals surface area (Å²) in [5.74, 6) is -1.20. The number of nitrogens with zero attached hydrogens (tertiary/aromatic N) is 1. The zero-order valence-corrected chi connectivity index (χ0v) is 9.46. The van der Waals surface area contributed by atoms with Crippen molar-refractivity contribution in [1.82, 2.24) is 9.71 Å². The molecular formula is C8H8F4N2O3S. The topological polar surface area (TPSA) is 79.3 Å². The number of alkyl halides is 3. The average Bonchev–Trinajstić information content (AvgIpc) is 2.25. The molecule has 2 N–H and O–H groups in total. The highest BCUT2D eigenvalue weighted by molar-refractivity contribution is 7.89. The highest BCUT2D eigenvalue weighted by Crippen LogP contribution is 2.19. The van der Waals surface area contributed by atoms with E-state index in [2.05, 4.69) is 4.98 Å². The van der Waals surface area contributed by atoms with Crippen molar-refractivity contribution in [3.05, 3.63) is 24.1 Å². The summed E-state index contributed by atoms with van der Waals surface area (Å²) in [6.45, 7) is -1.32. The van der Waals surface area contributed by atoms with Crippen molar-refractivity contribution in [3.8, 4) is 0 Å². The molecule has 1 rings (SSSR count). The highest BCUT2D eigenvalue weighted by Gasteiger charge is 2.39. The van der Waals surface area contributed by atoms with E-state index in [1.54, 1.807) is 0 Å². The summed E-state index contributed by atoms with van der Waals surface area (Å²) in [5.41, 5.74) is 0. The molecule has 0 bridgehead atoms. The molecule has 102 valence electrons. The van der Waals surface area contributed by atoms with Crippen molar-refractivity contribution in [1.29, 1.82) is 0 Å². The van der Waals surface area contributed by atoms with Crippen LogP contribution in [0.15, 0.2) is 23.4 Å².